The molecule has 0 unspecified atom stereocenters. The van der Waals surface area contributed by atoms with E-state index in [1.54, 1.807) is 10.8 Å². The van der Waals surface area contributed by atoms with Crippen LogP contribution in [0.1, 0.15) is 13.8 Å². The van der Waals surface area contributed by atoms with Crippen LogP contribution in [0.3, 0.4) is 0 Å². The van der Waals surface area contributed by atoms with Crippen LogP contribution in [0.5, 0.6) is 0 Å². The number of fused-ring (bicyclic) bond motifs is 3. The second kappa shape index (κ2) is 8.94. The first-order valence-corrected chi connectivity index (χ1v) is 11.7. The molecule has 10 heteroatoms. The third-order valence-corrected chi connectivity index (χ3v) is 6.76. The van der Waals surface area contributed by atoms with Crippen LogP contribution < -0.4 is 10.9 Å². The zero-order chi connectivity index (χ0) is 22.1. The lowest BCUT2D eigenvalue weighted by molar-refractivity contribution is -0.113. The van der Waals surface area contributed by atoms with Crippen molar-refractivity contribution in [2.24, 2.45) is 5.92 Å². The van der Waals surface area contributed by atoms with Crippen molar-refractivity contribution >= 4 is 66.7 Å². The Kier molecular flexibility index (Phi) is 6.27. The van der Waals surface area contributed by atoms with Crippen molar-refractivity contribution in [3.8, 4) is 0 Å². The standard InChI is InChI=1S/C21H18ClFN4O2S2/c1-11(2)9-27-20(29)18-17(13-4-3-7-24-19(13)31-18)26-21(27)30-10-16(28)25-12-5-6-15(23)14(22)8-12/h3-8,11H,9-10H2,1-2H3,(H,25,28). The molecule has 4 aromatic rings. The lowest BCUT2D eigenvalue weighted by Gasteiger charge is -2.14. The number of nitrogens with one attached hydrogen (secondary N) is 1. The zero-order valence-corrected chi connectivity index (χ0v) is 19.1. The van der Waals surface area contributed by atoms with Crippen LogP contribution in [-0.2, 0) is 11.3 Å². The number of halogens is 2. The number of anilines is 1. The summed E-state index contributed by atoms with van der Waals surface area (Å²) in [6.45, 7) is 4.52. The van der Waals surface area contributed by atoms with Crippen LogP contribution in [0.15, 0.2) is 46.5 Å². The number of carbonyl (C=O) groups excluding carboxylic acids is 1. The Morgan fingerprint density at radius 1 is 1.35 bits per heavy atom. The number of amides is 1. The minimum atomic E-state index is -0.554. The molecular weight excluding hydrogens is 459 g/mol. The number of thioether (sulfide) groups is 1. The van der Waals surface area contributed by atoms with Crippen molar-refractivity contribution in [3.63, 3.8) is 0 Å². The highest BCUT2D eigenvalue weighted by Gasteiger charge is 2.18. The maximum Gasteiger partial charge on any atom is 0.272 e. The maximum atomic E-state index is 13.3. The predicted molar refractivity (Wildman–Crippen MR) is 125 cm³/mol. The average molecular weight is 477 g/mol. The van der Waals surface area contributed by atoms with E-state index in [2.05, 4.69) is 10.3 Å². The average Bonchev–Trinajstić information content (AvgIpc) is 3.10. The fraction of sp³-hybridized carbons (Fsp3) is 0.238. The van der Waals surface area contributed by atoms with E-state index in [-0.39, 0.29) is 28.2 Å². The van der Waals surface area contributed by atoms with Gasteiger partial charge < -0.3 is 5.32 Å². The van der Waals surface area contributed by atoms with E-state index in [0.717, 1.165) is 10.2 Å². The number of carbonyl (C=O) groups is 1. The van der Waals surface area contributed by atoms with Gasteiger partial charge in [0.1, 0.15) is 15.3 Å². The molecule has 1 amide bonds. The number of thiophene rings is 1. The van der Waals surface area contributed by atoms with E-state index in [4.69, 9.17) is 16.6 Å². The molecule has 0 saturated heterocycles. The van der Waals surface area contributed by atoms with Gasteiger partial charge in [0.05, 0.1) is 16.3 Å². The highest BCUT2D eigenvalue weighted by atomic mass is 35.5. The summed E-state index contributed by atoms with van der Waals surface area (Å²) in [4.78, 5) is 35.5. The number of hydrogen-bond acceptors (Lipinski definition) is 6. The first-order chi connectivity index (χ1) is 14.8. The Morgan fingerprint density at radius 2 is 2.16 bits per heavy atom. The van der Waals surface area contributed by atoms with E-state index in [9.17, 15) is 14.0 Å². The molecule has 0 spiro atoms. The molecule has 0 aliphatic heterocycles. The SMILES string of the molecule is CC(C)Cn1c(SCC(=O)Nc2ccc(F)c(Cl)c2)nc2c(sc3ncccc32)c1=O. The number of aromatic nitrogens is 3. The summed E-state index contributed by atoms with van der Waals surface area (Å²) in [5, 5.41) is 3.91. The Hall–Kier alpha value is -2.49. The van der Waals surface area contributed by atoms with E-state index < -0.39 is 5.82 Å². The normalized spacial score (nSPS) is 11.5. The summed E-state index contributed by atoms with van der Waals surface area (Å²) in [5.41, 5.74) is 0.871. The van der Waals surface area contributed by atoms with E-state index in [0.29, 0.717) is 27.6 Å². The second-order valence-electron chi connectivity index (χ2n) is 7.31. The van der Waals surface area contributed by atoms with Gasteiger partial charge >= 0.3 is 0 Å². The lowest BCUT2D eigenvalue weighted by Crippen LogP contribution is -2.25. The van der Waals surface area contributed by atoms with Crippen LogP contribution in [-0.4, -0.2) is 26.2 Å². The molecule has 31 heavy (non-hydrogen) atoms. The molecule has 4 rings (SSSR count). The summed E-state index contributed by atoms with van der Waals surface area (Å²) in [7, 11) is 0. The number of pyridine rings is 1. The maximum absolute atomic E-state index is 13.3. The molecule has 1 N–H and O–H groups in total. The lowest BCUT2D eigenvalue weighted by atomic mass is 10.2. The van der Waals surface area contributed by atoms with Crippen LogP contribution in [0.2, 0.25) is 5.02 Å². The molecule has 3 heterocycles. The first-order valence-electron chi connectivity index (χ1n) is 9.49. The summed E-state index contributed by atoms with van der Waals surface area (Å²) in [5.74, 6) is -0.610. The van der Waals surface area contributed by atoms with Gasteiger partial charge in [-0.3, -0.25) is 14.2 Å². The monoisotopic (exact) mass is 476 g/mol. The van der Waals surface area contributed by atoms with Gasteiger partial charge in [0.2, 0.25) is 5.91 Å². The van der Waals surface area contributed by atoms with Crippen LogP contribution >= 0.6 is 34.7 Å². The number of rotatable bonds is 6. The number of nitrogens with zero attached hydrogens (tertiary/aromatic N) is 3. The highest BCUT2D eigenvalue weighted by Crippen LogP contribution is 2.30. The van der Waals surface area contributed by atoms with Gasteiger partial charge in [0.15, 0.2) is 5.16 Å². The fourth-order valence-electron chi connectivity index (χ4n) is 3.08. The van der Waals surface area contributed by atoms with Gasteiger partial charge in [-0.25, -0.2) is 14.4 Å². The Balaban J connectivity index is 1.64. The molecule has 0 bridgehead atoms. The first kappa shape index (κ1) is 21.7. The van der Waals surface area contributed by atoms with Gasteiger partial charge in [0.25, 0.3) is 5.56 Å². The molecular formula is C21H18ClFN4O2S2. The van der Waals surface area contributed by atoms with Gasteiger partial charge in [-0.15, -0.1) is 11.3 Å². The highest BCUT2D eigenvalue weighted by molar-refractivity contribution is 7.99. The summed E-state index contributed by atoms with van der Waals surface area (Å²) in [6.07, 6.45) is 1.69. The smallest absolute Gasteiger partial charge is 0.272 e. The van der Waals surface area contributed by atoms with Crippen LogP contribution in [0.25, 0.3) is 20.4 Å². The van der Waals surface area contributed by atoms with Gasteiger partial charge in [-0.2, -0.15) is 0 Å². The molecule has 1 aromatic carbocycles. The largest absolute Gasteiger partial charge is 0.325 e. The molecule has 0 atom stereocenters. The minimum absolute atomic E-state index is 0.0331. The van der Waals surface area contributed by atoms with Crippen LogP contribution in [0.4, 0.5) is 10.1 Å². The number of hydrogen-bond donors (Lipinski definition) is 1. The fourth-order valence-corrected chi connectivity index (χ4v) is 5.09. The van der Waals surface area contributed by atoms with E-state index in [1.165, 1.54) is 41.3 Å². The molecule has 0 saturated carbocycles. The summed E-state index contributed by atoms with van der Waals surface area (Å²) >= 11 is 8.28. The molecule has 3 aromatic heterocycles. The molecule has 0 fully saturated rings. The molecule has 0 radical (unpaired) electrons. The van der Waals surface area contributed by atoms with Gasteiger partial charge in [-0.1, -0.05) is 37.2 Å². The molecule has 0 aliphatic rings. The van der Waals surface area contributed by atoms with Crippen molar-refractivity contribution in [1.82, 2.24) is 14.5 Å². The summed E-state index contributed by atoms with van der Waals surface area (Å²) < 4.78 is 15.5. The Morgan fingerprint density at radius 3 is 2.90 bits per heavy atom. The molecule has 160 valence electrons. The third kappa shape index (κ3) is 4.58. The van der Waals surface area contributed by atoms with Crippen LogP contribution in [0, 0.1) is 11.7 Å². The van der Waals surface area contributed by atoms with Crippen molar-refractivity contribution in [2.45, 2.75) is 25.5 Å². The minimum Gasteiger partial charge on any atom is -0.325 e. The molecule has 6 nitrogen and oxygen atoms in total. The molecule has 0 aliphatic carbocycles. The second-order valence-corrected chi connectivity index (χ2v) is 9.65. The van der Waals surface area contributed by atoms with Crippen molar-refractivity contribution < 1.29 is 9.18 Å². The zero-order valence-electron chi connectivity index (χ0n) is 16.7. The quantitative estimate of drug-likeness (QED) is 0.306. The van der Waals surface area contributed by atoms with Crippen molar-refractivity contribution in [3.05, 3.63) is 57.7 Å². The Bertz CT molecular complexity index is 1350. The summed E-state index contributed by atoms with van der Waals surface area (Å²) in [6, 6.07) is 7.68. The van der Waals surface area contributed by atoms with E-state index >= 15 is 0 Å². The van der Waals surface area contributed by atoms with Crippen molar-refractivity contribution in [1.29, 1.82) is 0 Å². The topological polar surface area (TPSA) is 76.9 Å². The van der Waals surface area contributed by atoms with Crippen molar-refractivity contribution in [2.75, 3.05) is 11.1 Å². The Labute approximate surface area is 190 Å². The van der Waals surface area contributed by atoms with Gasteiger partial charge in [-0.05, 0) is 36.2 Å². The number of benzene rings is 1. The van der Waals surface area contributed by atoms with Gasteiger partial charge in [0, 0.05) is 23.8 Å². The third-order valence-electron chi connectivity index (χ3n) is 4.40. The predicted octanol–water partition coefficient (Wildman–Crippen LogP) is 5.19. The van der Waals surface area contributed by atoms with E-state index in [1.807, 2.05) is 26.0 Å².